The van der Waals surface area contributed by atoms with Crippen LogP contribution >= 0.6 is 0 Å². The summed E-state index contributed by atoms with van der Waals surface area (Å²) in [5.41, 5.74) is -2.38. The molecule has 226 valence electrons. The fourth-order valence-electron chi connectivity index (χ4n) is 4.51. The minimum atomic E-state index is -2.68. The summed E-state index contributed by atoms with van der Waals surface area (Å²) >= 11 is 0. The molecule has 2 nitrogen and oxygen atoms in total. The molecule has 0 saturated carbocycles. The normalized spacial score (nSPS) is 11.2. The Kier molecular flexibility index (Phi) is 9.80. The van der Waals surface area contributed by atoms with E-state index in [1.807, 2.05) is 91.0 Å². The van der Waals surface area contributed by atoms with E-state index in [9.17, 15) is 48.9 Å². The van der Waals surface area contributed by atoms with Gasteiger partial charge in [-0.1, -0.05) is 91.0 Å². The highest BCUT2D eigenvalue weighted by Gasteiger charge is 2.37. The molecule has 0 amide bonds. The number of halogens is 10. The first kappa shape index (κ1) is 32.3. The van der Waals surface area contributed by atoms with Crippen LogP contribution in [0.2, 0.25) is 0 Å². The predicted molar refractivity (Wildman–Crippen MR) is 141 cm³/mol. The highest BCUT2D eigenvalue weighted by atomic mass is 19.2. The van der Waals surface area contributed by atoms with Crippen LogP contribution in [0.25, 0.3) is 11.1 Å². The first-order valence-electron chi connectivity index (χ1n) is 12.4. The average molecular weight is 622 g/mol. The number of hydrogen-bond acceptors (Lipinski definition) is 2. The fraction of sp³-hybridized carbons (Fsp3) is 0.0323. The Morgan fingerprint density at radius 2 is 0.614 bits per heavy atom. The van der Waals surface area contributed by atoms with Crippen molar-refractivity contribution in [3.8, 4) is 11.1 Å². The molecule has 0 heterocycles. The zero-order valence-corrected chi connectivity index (χ0v) is 22.0. The van der Waals surface area contributed by atoms with Crippen LogP contribution in [0, 0.1) is 58.2 Å². The molecule has 0 radical (unpaired) electrons. The van der Waals surface area contributed by atoms with Gasteiger partial charge in [0, 0.05) is 0 Å². The van der Waals surface area contributed by atoms with Crippen molar-refractivity contribution in [3.63, 3.8) is 0 Å². The highest BCUT2D eigenvalue weighted by Crippen LogP contribution is 2.40. The van der Waals surface area contributed by atoms with Crippen LogP contribution in [0.3, 0.4) is 0 Å². The van der Waals surface area contributed by atoms with Gasteiger partial charge >= 0.3 is 7.69 Å². The summed E-state index contributed by atoms with van der Waals surface area (Å²) < 4.78 is 137. The van der Waals surface area contributed by atoms with Gasteiger partial charge < -0.3 is 9.68 Å². The van der Waals surface area contributed by atoms with Gasteiger partial charge in [-0.3, -0.25) is 0 Å². The molecule has 44 heavy (non-hydrogen) atoms. The minimum Gasteiger partial charge on any atom is -0.430 e. The van der Waals surface area contributed by atoms with E-state index in [0.717, 1.165) is 16.7 Å². The summed E-state index contributed by atoms with van der Waals surface area (Å²) in [5.74, 6) is -26.6. The molecule has 5 aromatic carbocycles. The van der Waals surface area contributed by atoms with Gasteiger partial charge in [0.2, 0.25) is 11.6 Å². The highest BCUT2D eigenvalue weighted by molar-refractivity contribution is 6.16. The molecular formula is C31H17BF10O2. The van der Waals surface area contributed by atoms with E-state index in [1.165, 1.54) is 0 Å². The summed E-state index contributed by atoms with van der Waals surface area (Å²) in [6, 6.07) is 30.0. The van der Waals surface area contributed by atoms with Gasteiger partial charge in [-0.15, -0.1) is 0 Å². The molecule has 0 atom stereocenters. The quantitative estimate of drug-likeness (QED) is 0.0684. The molecule has 0 bridgehead atoms. The molecule has 5 rings (SSSR count). The van der Waals surface area contributed by atoms with Crippen LogP contribution in [0.4, 0.5) is 43.9 Å². The third-order valence-electron chi connectivity index (χ3n) is 6.49. The molecule has 0 aliphatic heterocycles. The number of rotatable bonds is 6. The van der Waals surface area contributed by atoms with Crippen molar-refractivity contribution in [2.24, 2.45) is 0 Å². The molecule has 0 aliphatic carbocycles. The summed E-state index contributed by atoms with van der Waals surface area (Å²) in [6.45, 7) is 0. The van der Waals surface area contributed by atoms with Crippen LogP contribution in [0.5, 0.6) is 0 Å². The summed E-state index contributed by atoms with van der Waals surface area (Å²) in [6.07, 6.45) is 0. The lowest BCUT2D eigenvalue weighted by Crippen LogP contribution is -2.34. The Labute approximate surface area is 244 Å². The maximum atomic E-state index is 13.4. The van der Waals surface area contributed by atoms with E-state index in [0.29, 0.717) is 0 Å². The zero-order valence-electron chi connectivity index (χ0n) is 22.0. The number of benzene rings is 5. The van der Waals surface area contributed by atoms with Gasteiger partial charge in [0.1, 0.15) is 5.60 Å². The van der Waals surface area contributed by atoms with E-state index in [4.69, 9.17) is 4.65 Å². The lowest BCUT2D eigenvalue weighted by Gasteiger charge is -2.35. The Balaban J connectivity index is 0.000000201. The molecule has 0 unspecified atom stereocenters. The third kappa shape index (κ3) is 5.68. The summed E-state index contributed by atoms with van der Waals surface area (Å²) in [7, 11) is -0.362. The second-order valence-corrected chi connectivity index (χ2v) is 8.94. The average Bonchev–Trinajstić information content (AvgIpc) is 3.06. The molecule has 0 aromatic heterocycles. The first-order valence-corrected chi connectivity index (χ1v) is 12.4. The predicted octanol–water partition coefficient (Wildman–Crippen LogP) is 8.00. The molecule has 1 N–H and O–H groups in total. The van der Waals surface area contributed by atoms with Gasteiger partial charge in [-0.05, 0) is 16.7 Å². The second-order valence-electron chi connectivity index (χ2n) is 8.94. The minimum absolute atomic E-state index is 0.362. The van der Waals surface area contributed by atoms with E-state index < -0.39 is 74.9 Å². The summed E-state index contributed by atoms with van der Waals surface area (Å²) in [5, 5.41) is 9.56. The maximum Gasteiger partial charge on any atom is 0.436 e. The molecule has 13 heteroatoms. The Hall–Kier alpha value is -4.62. The van der Waals surface area contributed by atoms with Crippen molar-refractivity contribution in [1.82, 2.24) is 0 Å². The van der Waals surface area contributed by atoms with Gasteiger partial charge in [-0.2, -0.15) is 0 Å². The molecule has 0 aliphatic rings. The lowest BCUT2D eigenvalue weighted by atomic mass is 9.79. The van der Waals surface area contributed by atoms with Crippen molar-refractivity contribution in [1.29, 1.82) is 0 Å². The van der Waals surface area contributed by atoms with Crippen LogP contribution in [0.15, 0.2) is 91.0 Å². The fourth-order valence-corrected chi connectivity index (χ4v) is 4.51. The second kappa shape index (κ2) is 13.4. The molecule has 0 fully saturated rings. The van der Waals surface area contributed by atoms with Crippen molar-refractivity contribution in [3.05, 3.63) is 166 Å². The number of hydrogen-bond donors (Lipinski definition) is 1. The first-order chi connectivity index (χ1) is 21.0. The molecule has 0 spiro atoms. The van der Waals surface area contributed by atoms with E-state index in [2.05, 4.69) is 0 Å². The molecular weight excluding hydrogens is 605 g/mol. The van der Waals surface area contributed by atoms with E-state index >= 15 is 0 Å². The molecule has 0 saturated heterocycles. The summed E-state index contributed by atoms with van der Waals surface area (Å²) in [4.78, 5) is 0. The smallest absolute Gasteiger partial charge is 0.430 e. The van der Waals surface area contributed by atoms with Crippen molar-refractivity contribution >= 4 is 7.69 Å². The lowest BCUT2D eigenvalue weighted by molar-refractivity contribution is 0.138. The monoisotopic (exact) mass is 622 g/mol. The van der Waals surface area contributed by atoms with Crippen molar-refractivity contribution in [2.75, 3.05) is 0 Å². The Morgan fingerprint density at radius 3 is 0.841 bits per heavy atom. The Bertz CT molecular complexity index is 1550. The SMILES string of the molecule is Fc1c(F)c(F)c(-c2c(F)c(F)c(F)c(F)c2F)c(F)c1F.OBOC(c1ccccc1)(c1ccccc1)c1ccccc1. The van der Waals surface area contributed by atoms with Crippen LogP contribution in [-0.2, 0) is 10.3 Å². The topological polar surface area (TPSA) is 29.5 Å². The van der Waals surface area contributed by atoms with Crippen molar-refractivity contribution in [2.45, 2.75) is 5.60 Å². The largest absolute Gasteiger partial charge is 0.436 e. The maximum absolute atomic E-state index is 13.4. The third-order valence-corrected chi connectivity index (χ3v) is 6.49. The zero-order chi connectivity index (χ0) is 32.2. The molecule has 5 aromatic rings. The van der Waals surface area contributed by atoms with E-state index in [1.54, 1.807) is 0 Å². The van der Waals surface area contributed by atoms with Gasteiger partial charge in [-0.25, -0.2) is 43.9 Å². The van der Waals surface area contributed by atoms with Crippen LogP contribution in [-0.4, -0.2) is 12.7 Å². The van der Waals surface area contributed by atoms with Gasteiger partial charge in [0.05, 0.1) is 11.1 Å². The van der Waals surface area contributed by atoms with Crippen LogP contribution in [0.1, 0.15) is 16.7 Å². The van der Waals surface area contributed by atoms with E-state index in [-0.39, 0.29) is 7.69 Å². The van der Waals surface area contributed by atoms with Crippen molar-refractivity contribution < 1.29 is 53.6 Å². The standard InChI is InChI=1S/C19H17BO2.C12F10/c21-20-22-19(16-10-4-1-5-11-16,17-12-6-2-7-13-17)18-14-8-3-9-15-18;13-3-1(4(14)8(18)11(21)7(3)17)2-5(15)9(19)12(22)10(20)6(2)16/h1-15,20-21H;. The Morgan fingerprint density at radius 1 is 0.386 bits per heavy atom. The van der Waals surface area contributed by atoms with Gasteiger partial charge in [0.25, 0.3) is 0 Å². The van der Waals surface area contributed by atoms with Gasteiger partial charge in [0.15, 0.2) is 46.5 Å². The van der Waals surface area contributed by atoms with Crippen LogP contribution < -0.4 is 0 Å².